The van der Waals surface area contributed by atoms with Crippen LogP contribution in [0.25, 0.3) is 0 Å². The van der Waals surface area contributed by atoms with Crippen molar-refractivity contribution in [2.24, 2.45) is 5.92 Å². The second-order valence-electron chi connectivity index (χ2n) is 3.58. The number of benzene rings is 1. The lowest BCUT2D eigenvalue weighted by Gasteiger charge is -2.10. The first kappa shape index (κ1) is 10.5. The molecule has 1 aromatic carbocycles. The van der Waals surface area contributed by atoms with E-state index in [2.05, 4.69) is 54.6 Å². The largest absolute Gasteiger partial charge is 0.0993 e. The molecule has 0 saturated carbocycles. The van der Waals surface area contributed by atoms with Crippen molar-refractivity contribution in [1.29, 1.82) is 0 Å². The fraction of sp³-hybridized carbons (Fsp3) is 0.333. The maximum Gasteiger partial charge on any atom is 0.0210 e. The van der Waals surface area contributed by atoms with Crippen molar-refractivity contribution < 1.29 is 0 Å². The molecule has 1 rings (SSSR count). The van der Waals surface area contributed by atoms with Gasteiger partial charge in [-0.05, 0) is 24.0 Å². The lowest BCUT2D eigenvalue weighted by atomic mass is 9.98. The summed E-state index contributed by atoms with van der Waals surface area (Å²) in [6.07, 6.45) is 0.971. The Kier molecular flexibility index (Phi) is 3.73. The summed E-state index contributed by atoms with van der Waals surface area (Å²) in [4.78, 5) is 0. The van der Waals surface area contributed by atoms with E-state index in [4.69, 9.17) is 0 Å². The first-order valence-electron chi connectivity index (χ1n) is 4.52. The average Bonchev–Trinajstić information content (AvgIpc) is 2.08. The molecular weight excluding hydrogens is 224 g/mol. The van der Waals surface area contributed by atoms with Gasteiger partial charge in [0.1, 0.15) is 0 Å². The lowest BCUT2D eigenvalue weighted by Crippen LogP contribution is -1.97. The van der Waals surface area contributed by atoms with Gasteiger partial charge in [-0.3, -0.25) is 0 Å². The first-order chi connectivity index (χ1) is 6.11. The second kappa shape index (κ2) is 4.61. The molecule has 0 amide bonds. The van der Waals surface area contributed by atoms with Gasteiger partial charge in [0.15, 0.2) is 0 Å². The van der Waals surface area contributed by atoms with Gasteiger partial charge in [0.2, 0.25) is 0 Å². The molecule has 0 saturated heterocycles. The maximum atomic E-state index is 4.07. The maximum absolute atomic E-state index is 4.07. The average molecular weight is 239 g/mol. The number of allylic oxidation sites excluding steroid dienone is 1. The van der Waals surface area contributed by atoms with Gasteiger partial charge in [0.05, 0.1) is 0 Å². The van der Waals surface area contributed by atoms with E-state index in [9.17, 15) is 0 Å². The Balaban J connectivity index is 2.75. The molecule has 0 aliphatic heterocycles. The zero-order valence-electron chi connectivity index (χ0n) is 8.18. The summed E-state index contributed by atoms with van der Waals surface area (Å²) in [5.41, 5.74) is 2.60. The summed E-state index contributed by atoms with van der Waals surface area (Å²) < 4.78 is 1.18. The molecule has 0 spiro atoms. The molecule has 70 valence electrons. The van der Waals surface area contributed by atoms with Gasteiger partial charge in [-0.15, -0.1) is 0 Å². The van der Waals surface area contributed by atoms with Crippen LogP contribution in [0.1, 0.15) is 19.4 Å². The number of rotatable bonds is 3. The van der Waals surface area contributed by atoms with E-state index in [1.54, 1.807) is 0 Å². The quantitative estimate of drug-likeness (QED) is 0.693. The molecule has 0 radical (unpaired) electrons. The molecule has 0 heterocycles. The first-order valence-corrected chi connectivity index (χ1v) is 5.31. The number of hydrogen-bond acceptors (Lipinski definition) is 0. The van der Waals surface area contributed by atoms with Gasteiger partial charge in [0.25, 0.3) is 0 Å². The number of hydrogen-bond donors (Lipinski definition) is 0. The molecule has 0 aromatic heterocycles. The van der Waals surface area contributed by atoms with E-state index in [1.165, 1.54) is 15.6 Å². The van der Waals surface area contributed by atoms with Gasteiger partial charge in [-0.2, -0.15) is 0 Å². The van der Waals surface area contributed by atoms with Crippen LogP contribution in [0.3, 0.4) is 0 Å². The lowest BCUT2D eigenvalue weighted by molar-refractivity contribution is 0.744. The van der Waals surface area contributed by atoms with Crippen molar-refractivity contribution in [3.8, 4) is 0 Å². The van der Waals surface area contributed by atoms with Crippen molar-refractivity contribution in [2.45, 2.75) is 20.3 Å². The predicted octanol–water partition coefficient (Wildman–Crippen LogP) is 4.20. The van der Waals surface area contributed by atoms with Gasteiger partial charge in [-0.25, -0.2) is 0 Å². The van der Waals surface area contributed by atoms with Crippen molar-refractivity contribution in [1.82, 2.24) is 0 Å². The highest BCUT2D eigenvalue weighted by atomic mass is 79.9. The van der Waals surface area contributed by atoms with Crippen LogP contribution in [0, 0.1) is 5.92 Å². The minimum atomic E-state index is 0.562. The topological polar surface area (TPSA) is 0 Å². The molecule has 0 aliphatic carbocycles. The minimum absolute atomic E-state index is 0.562. The molecule has 1 heteroatoms. The van der Waals surface area contributed by atoms with Crippen LogP contribution < -0.4 is 0 Å². The van der Waals surface area contributed by atoms with Crippen LogP contribution in [0.15, 0.2) is 40.9 Å². The summed E-state index contributed by atoms with van der Waals surface area (Å²) in [7, 11) is 0. The van der Waals surface area contributed by atoms with Crippen LogP contribution >= 0.6 is 15.9 Å². The van der Waals surface area contributed by atoms with E-state index in [1.807, 2.05) is 6.07 Å². The van der Waals surface area contributed by atoms with Crippen LogP contribution in [0.2, 0.25) is 0 Å². The third-order valence-corrected chi connectivity index (χ3v) is 2.97. The molecule has 0 aliphatic rings. The Morgan fingerprint density at radius 1 is 1.38 bits per heavy atom. The Labute approximate surface area is 88.8 Å². The van der Waals surface area contributed by atoms with Crippen LogP contribution in [0.4, 0.5) is 0 Å². The van der Waals surface area contributed by atoms with Gasteiger partial charge < -0.3 is 0 Å². The van der Waals surface area contributed by atoms with Gasteiger partial charge >= 0.3 is 0 Å². The van der Waals surface area contributed by atoms with E-state index < -0.39 is 0 Å². The van der Waals surface area contributed by atoms with Crippen LogP contribution in [-0.4, -0.2) is 0 Å². The van der Waals surface area contributed by atoms with Crippen LogP contribution in [0.5, 0.6) is 0 Å². The minimum Gasteiger partial charge on any atom is -0.0993 e. The zero-order chi connectivity index (χ0) is 9.84. The molecule has 1 aromatic rings. The highest BCUT2D eigenvalue weighted by Crippen LogP contribution is 2.21. The third-order valence-electron chi connectivity index (χ3n) is 2.19. The molecular formula is C12H15Br. The summed E-state index contributed by atoms with van der Waals surface area (Å²) in [6.45, 7) is 8.43. The molecule has 0 bridgehead atoms. The molecule has 0 unspecified atom stereocenters. The van der Waals surface area contributed by atoms with E-state index in [0.29, 0.717) is 5.92 Å². The highest BCUT2D eigenvalue weighted by molar-refractivity contribution is 9.10. The second-order valence-corrected chi connectivity index (χ2v) is 4.44. The molecule has 0 atom stereocenters. The molecule has 0 nitrogen and oxygen atoms in total. The fourth-order valence-electron chi connectivity index (χ4n) is 1.09. The Bertz CT molecular complexity index is 300. The number of halogens is 1. The third kappa shape index (κ3) is 3.00. The van der Waals surface area contributed by atoms with Crippen molar-refractivity contribution in [3.05, 3.63) is 46.5 Å². The fourth-order valence-corrected chi connectivity index (χ4v) is 1.52. The predicted molar refractivity (Wildman–Crippen MR) is 61.8 cm³/mol. The molecule has 0 N–H and O–H groups in total. The Hall–Kier alpha value is -0.560. The van der Waals surface area contributed by atoms with Crippen molar-refractivity contribution >= 4 is 15.9 Å². The van der Waals surface area contributed by atoms with E-state index in [-0.39, 0.29) is 0 Å². The standard InChI is InChI=1S/C12H15Br/c1-9(2)10(3)8-11-6-4-5-7-12(11)13/h4-7,9H,3,8H2,1-2H3. The Morgan fingerprint density at radius 3 is 2.54 bits per heavy atom. The highest BCUT2D eigenvalue weighted by Gasteiger charge is 2.03. The summed E-state index contributed by atoms with van der Waals surface area (Å²) in [5.74, 6) is 0.562. The SMILES string of the molecule is C=C(Cc1ccccc1Br)C(C)C. The summed E-state index contributed by atoms with van der Waals surface area (Å²) in [6, 6.07) is 8.31. The smallest absolute Gasteiger partial charge is 0.0210 e. The van der Waals surface area contributed by atoms with Gasteiger partial charge in [-0.1, -0.05) is 60.1 Å². The molecule has 13 heavy (non-hydrogen) atoms. The normalized spacial score (nSPS) is 10.5. The summed E-state index contributed by atoms with van der Waals surface area (Å²) >= 11 is 3.53. The van der Waals surface area contributed by atoms with Gasteiger partial charge in [0, 0.05) is 4.47 Å². The zero-order valence-corrected chi connectivity index (χ0v) is 9.76. The summed E-state index contributed by atoms with van der Waals surface area (Å²) in [5, 5.41) is 0. The van der Waals surface area contributed by atoms with E-state index >= 15 is 0 Å². The van der Waals surface area contributed by atoms with Crippen LogP contribution in [-0.2, 0) is 6.42 Å². The Morgan fingerprint density at radius 2 is 2.00 bits per heavy atom. The van der Waals surface area contributed by atoms with E-state index in [0.717, 1.165) is 6.42 Å². The van der Waals surface area contributed by atoms with Crippen molar-refractivity contribution in [3.63, 3.8) is 0 Å². The monoisotopic (exact) mass is 238 g/mol. The van der Waals surface area contributed by atoms with Crippen molar-refractivity contribution in [2.75, 3.05) is 0 Å². The molecule has 0 fully saturated rings.